The molecule has 0 aliphatic heterocycles. The lowest BCUT2D eigenvalue weighted by Gasteiger charge is -2.11. The van der Waals surface area contributed by atoms with Gasteiger partial charge in [-0.2, -0.15) is 0 Å². The van der Waals surface area contributed by atoms with Gasteiger partial charge < -0.3 is 10.2 Å². The van der Waals surface area contributed by atoms with Gasteiger partial charge in [-0.3, -0.25) is 4.79 Å². The molecule has 7 heteroatoms. The second-order valence-electron chi connectivity index (χ2n) is 6.52. The Morgan fingerprint density at radius 2 is 1.75 bits per heavy atom. The van der Waals surface area contributed by atoms with Crippen LogP contribution in [0.1, 0.15) is 37.0 Å². The van der Waals surface area contributed by atoms with Crippen molar-refractivity contribution in [3.63, 3.8) is 0 Å². The predicted molar refractivity (Wildman–Crippen MR) is 96.6 cm³/mol. The van der Waals surface area contributed by atoms with Gasteiger partial charge in [-0.15, -0.1) is 0 Å². The minimum atomic E-state index is -3.52. The van der Waals surface area contributed by atoms with Gasteiger partial charge in [0.25, 0.3) is 5.91 Å². The highest BCUT2D eigenvalue weighted by Crippen LogP contribution is 2.11. The van der Waals surface area contributed by atoms with Gasteiger partial charge in [0.15, 0.2) is 0 Å². The largest absolute Gasteiger partial charge is 0.352 e. The van der Waals surface area contributed by atoms with Crippen molar-refractivity contribution >= 4 is 15.9 Å². The molecule has 0 atom stereocenters. The number of amides is 1. The third-order valence-electron chi connectivity index (χ3n) is 3.51. The first-order chi connectivity index (χ1) is 11.2. The van der Waals surface area contributed by atoms with E-state index in [0.29, 0.717) is 24.6 Å². The molecule has 0 saturated carbocycles. The van der Waals surface area contributed by atoms with E-state index in [-0.39, 0.29) is 10.8 Å². The van der Waals surface area contributed by atoms with E-state index in [0.717, 1.165) is 19.4 Å². The number of sulfonamides is 1. The van der Waals surface area contributed by atoms with Crippen LogP contribution in [0.4, 0.5) is 0 Å². The van der Waals surface area contributed by atoms with Crippen molar-refractivity contribution in [3.8, 4) is 0 Å². The van der Waals surface area contributed by atoms with Crippen molar-refractivity contribution in [1.82, 2.24) is 14.9 Å². The molecule has 0 aromatic heterocycles. The molecule has 0 aliphatic rings. The maximum Gasteiger partial charge on any atom is 0.251 e. The third-order valence-corrected chi connectivity index (χ3v) is 4.99. The lowest BCUT2D eigenvalue weighted by atomic mass is 10.1. The fourth-order valence-corrected chi connectivity index (χ4v) is 3.10. The van der Waals surface area contributed by atoms with Crippen LogP contribution >= 0.6 is 0 Å². The second-order valence-corrected chi connectivity index (χ2v) is 8.28. The van der Waals surface area contributed by atoms with E-state index in [4.69, 9.17) is 0 Å². The molecule has 6 nitrogen and oxygen atoms in total. The molecular formula is C17H29N3O3S. The quantitative estimate of drug-likeness (QED) is 0.626. The van der Waals surface area contributed by atoms with E-state index in [1.54, 1.807) is 0 Å². The maximum absolute atomic E-state index is 12.2. The zero-order valence-electron chi connectivity index (χ0n) is 15.0. The van der Waals surface area contributed by atoms with Crippen LogP contribution in [0.3, 0.4) is 0 Å². The molecule has 0 radical (unpaired) electrons. The Kier molecular flexibility index (Phi) is 8.38. The number of carbonyl (C=O) groups excluding carboxylic acids is 1. The summed E-state index contributed by atoms with van der Waals surface area (Å²) in [7, 11) is 0.449. The van der Waals surface area contributed by atoms with E-state index in [1.807, 2.05) is 27.9 Å². The summed E-state index contributed by atoms with van der Waals surface area (Å²) < 4.78 is 26.9. The van der Waals surface area contributed by atoms with Crippen LogP contribution in [-0.2, 0) is 10.0 Å². The van der Waals surface area contributed by atoms with Crippen LogP contribution in [0.5, 0.6) is 0 Å². The summed E-state index contributed by atoms with van der Waals surface area (Å²) in [6.07, 6.45) is 1.65. The predicted octanol–water partition coefficient (Wildman–Crippen LogP) is 1.69. The summed E-state index contributed by atoms with van der Waals surface area (Å²) in [5.74, 6) is 0.247. The van der Waals surface area contributed by atoms with Crippen molar-refractivity contribution in [3.05, 3.63) is 29.8 Å². The summed E-state index contributed by atoms with van der Waals surface area (Å²) in [6, 6.07) is 6.01. The number of hydrogen-bond donors (Lipinski definition) is 2. The smallest absolute Gasteiger partial charge is 0.251 e. The zero-order chi connectivity index (χ0) is 18.2. The fraction of sp³-hybridized carbons (Fsp3) is 0.588. The van der Waals surface area contributed by atoms with Gasteiger partial charge >= 0.3 is 0 Å². The van der Waals surface area contributed by atoms with Gasteiger partial charge in [0.1, 0.15) is 0 Å². The Hall–Kier alpha value is -1.44. The summed E-state index contributed by atoms with van der Waals surface area (Å²) in [4.78, 5) is 14.2. The molecule has 1 aromatic carbocycles. The summed E-state index contributed by atoms with van der Waals surface area (Å²) >= 11 is 0. The summed E-state index contributed by atoms with van der Waals surface area (Å²) in [5, 5.41) is 2.83. The van der Waals surface area contributed by atoms with E-state index < -0.39 is 10.0 Å². The highest BCUT2D eigenvalue weighted by atomic mass is 32.2. The zero-order valence-corrected chi connectivity index (χ0v) is 15.8. The first-order valence-corrected chi connectivity index (χ1v) is 9.73. The van der Waals surface area contributed by atoms with Gasteiger partial charge in [-0.05, 0) is 63.7 Å². The molecule has 1 rings (SSSR count). The van der Waals surface area contributed by atoms with Gasteiger partial charge in [0.2, 0.25) is 10.0 Å². The van der Waals surface area contributed by atoms with Crippen molar-refractivity contribution in [2.75, 3.05) is 33.7 Å². The highest BCUT2D eigenvalue weighted by molar-refractivity contribution is 7.89. The van der Waals surface area contributed by atoms with Crippen LogP contribution in [0.15, 0.2) is 29.2 Å². The lowest BCUT2D eigenvalue weighted by Crippen LogP contribution is -2.27. The SMILES string of the molecule is CC(C)CCNS(=O)(=O)c1ccc(C(=O)NCCCN(C)C)cc1. The average molecular weight is 356 g/mol. The molecular weight excluding hydrogens is 326 g/mol. The number of nitrogens with one attached hydrogen (secondary N) is 2. The van der Waals surface area contributed by atoms with Crippen LogP contribution in [0.2, 0.25) is 0 Å². The molecule has 0 saturated heterocycles. The minimum absolute atomic E-state index is 0.176. The monoisotopic (exact) mass is 355 g/mol. The van der Waals surface area contributed by atoms with Gasteiger partial charge in [0, 0.05) is 18.7 Å². The number of hydrogen-bond acceptors (Lipinski definition) is 4. The molecule has 0 aliphatic carbocycles. The summed E-state index contributed by atoms with van der Waals surface area (Å²) in [6.45, 7) is 5.99. The average Bonchev–Trinajstić information content (AvgIpc) is 2.50. The van der Waals surface area contributed by atoms with Crippen molar-refractivity contribution in [2.45, 2.75) is 31.6 Å². The van der Waals surface area contributed by atoms with E-state index in [2.05, 4.69) is 14.9 Å². The first kappa shape index (κ1) is 20.6. The highest BCUT2D eigenvalue weighted by Gasteiger charge is 2.14. The van der Waals surface area contributed by atoms with Gasteiger partial charge in [-0.25, -0.2) is 13.1 Å². The number of benzene rings is 1. The van der Waals surface area contributed by atoms with Gasteiger partial charge in [-0.1, -0.05) is 13.8 Å². The first-order valence-electron chi connectivity index (χ1n) is 8.25. The molecule has 136 valence electrons. The van der Waals surface area contributed by atoms with Crippen molar-refractivity contribution in [1.29, 1.82) is 0 Å². The third kappa shape index (κ3) is 7.42. The Bertz CT molecular complexity index is 610. The van der Waals surface area contributed by atoms with Gasteiger partial charge in [0.05, 0.1) is 4.90 Å². The minimum Gasteiger partial charge on any atom is -0.352 e. The molecule has 24 heavy (non-hydrogen) atoms. The molecule has 1 amide bonds. The van der Waals surface area contributed by atoms with E-state index >= 15 is 0 Å². The molecule has 0 heterocycles. The van der Waals surface area contributed by atoms with Crippen molar-refractivity contribution in [2.24, 2.45) is 5.92 Å². The Labute approximate surface area is 145 Å². The molecule has 0 bridgehead atoms. The number of nitrogens with zero attached hydrogens (tertiary/aromatic N) is 1. The Morgan fingerprint density at radius 1 is 1.12 bits per heavy atom. The van der Waals surface area contributed by atoms with E-state index in [1.165, 1.54) is 24.3 Å². The van der Waals surface area contributed by atoms with E-state index in [9.17, 15) is 13.2 Å². The number of rotatable bonds is 10. The molecule has 0 fully saturated rings. The fourth-order valence-electron chi connectivity index (χ4n) is 2.05. The molecule has 1 aromatic rings. The Balaban J connectivity index is 2.56. The molecule has 0 spiro atoms. The van der Waals surface area contributed by atoms with Crippen LogP contribution in [0, 0.1) is 5.92 Å². The van der Waals surface area contributed by atoms with Crippen LogP contribution in [0.25, 0.3) is 0 Å². The van der Waals surface area contributed by atoms with Crippen molar-refractivity contribution < 1.29 is 13.2 Å². The van der Waals surface area contributed by atoms with Crippen LogP contribution in [-0.4, -0.2) is 53.0 Å². The molecule has 0 unspecified atom stereocenters. The Morgan fingerprint density at radius 3 is 2.29 bits per heavy atom. The topological polar surface area (TPSA) is 78.5 Å². The maximum atomic E-state index is 12.2. The number of carbonyl (C=O) groups is 1. The standard InChI is InChI=1S/C17H29N3O3S/c1-14(2)10-12-19-24(22,23)16-8-6-15(7-9-16)17(21)18-11-5-13-20(3)4/h6-9,14,19H,5,10-13H2,1-4H3,(H,18,21). The second kappa shape index (κ2) is 9.76. The normalized spacial score (nSPS) is 11.9. The molecule has 2 N–H and O–H groups in total. The lowest BCUT2D eigenvalue weighted by molar-refractivity contribution is 0.0952. The van der Waals surface area contributed by atoms with Crippen LogP contribution < -0.4 is 10.0 Å². The summed E-state index contributed by atoms with van der Waals surface area (Å²) in [5.41, 5.74) is 0.459.